The molecule has 1 aliphatic rings. The average molecular weight is 349 g/mol. The van der Waals surface area contributed by atoms with Gasteiger partial charge >= 0.3 is 0 Å². The Morgan fingerprint density at radius 2 is 2.16 bits per heavy atom. The van der Waals surface area contributed by atoms with Crippen LogP contribution < -0.4 is 9.64 Å². The molecule has 3 rings (SSSR count). The Labute approximate surface area is 145 Å². The highest BCUT2D eigenvalue weighted by molar-refractivity contribution is 6.06. The number of benzene rings is 1. The molecule has 0 bridgehead atoms. The lowest BCUT2D eigenvalue weighted by molar-refractivity contribution is 0.0973. The van der Waals surface area contributed by atoms with Crippen molar-refractivity contribution in [3.8, 4) is 5.75 Å². The molecule has 0 aliphatic carbocycles. The summed E-state index contributed by atoms with van der Waals surface area (Å²) in [7, 11) is 1.58. The molecule has 1 aromatic carbocycles. The van der Waals surface area contributed by atoms with Crippen molar-refractivity contribution in [1.29, 1.82) is 0 Å². The molecule has 0 N–H and O–H groups in total. The third kappa shape index (κ3) is 3.36. The summed E-state index contributed by atoms with van der Waals surface area (Å²) in [6.07, 6.45) is -0.749. The van der Waals surface area contributed by atoms with Crippen molar-refractivity contribution in [2.45, 2.75) is 33.2 Å². The van der Waals surface area contributed by atoms with Gasteiger partial charge in [0.25, 0.3) is 12.3 Å². The van der Waals surface area contributed by atoms with E-state index in [9.17, 15) is 13.6 Å². The number of rotatable bonds is 5. The van der Waals surface area contributed by atoms with Crippen LogP contribution in [0.1, 0.15) is 41.9 Å². The molecule has 1 amide bonds. The molecule has 0 unspecified atom stereocenters. The van der Waals surface area contributed by atoms with Crippen molar-refractivity contribution < 1.29 is 18.3 Å². The lowest BCUT2D eigenvalue weighted by Gasteiger charge is -2.18. The second-order valence-corrected chi connectivity index (χ2v) is 6.57. The summed E-state index contributed by atoms with van der Waals surface area (Å²) in [5.74, 6) is 0.460. The molecule has 1 aliphatic heterocycles. The Morgan fingerprint density at radius 3 is 2.84 bits per heavy atom. The van der Waals surface area contributed by atoms with Crippen LogP contribution in [0.4, 0.5) is 14.5 Å². The van der Waals surface area contributed by atoms with Gasteiger partial charge in [0, 0.05) is 25.7 Å². The first-order valence-electron chi connectivity index (χ1n) is 8.26. The van der Waals surface area contributed by atoms with Gasteiger partial charge in [0.15, 0.2) is 0 Å². The van der Waals surface area contributed by atoms with Crippen LogP contribution in [0, 0.1) is 5.92 Å². The van der Waals surface area contributed by atoms with E-state index in [-0.39, 0.29) is 17.2 Å². The number of carbonyl (C=O) groups is 1. The molecule has 2 heterocycles. The standard InChI is InChI=1S/C18H21F2N3O2/c1-11(2)10-23-16(17(19)20)14(9-21-23)18(24)22(3)13-4-5-15-12(8-13)6-7-25-15/h4-5,8-9,11,17H,6-7,10H2,1-3H3. The smallest absolute Gasteiger partial charge is 0.280 e. The Balaban J connectivity index is 1.91. The highest BCUT2D eigenvalue weighted by Gasteiger charge is 2.27. The molecule has 1 aromatic heterocycles. The average Bonchev–Trinajstić information content (AvgIpc) is 3.18. The Bertz CT molecular complexity index is 787. The van der Waals surface area contributed by atoms with E-state index in [1.54, 1.807) is 19.2 Å². The minimum atomic E-state index is -2.76. The normalized spacial score (nSPS) is 13.2. The second-order valence-electron chi connectivity index (χ2n) is 6.57. The molecular weight excluding hydrogens is 328 g/mol. The lowest BCUT2D eigenvalue weighted by atomic mass is 10.1. The number of ether oxygens (including phenoxy) is 1. The van der Waals surface area contributed by atoms with E-state index in [1.165, 1.54) is 15.8 Å². The van der Waals surface area contributed by atoms with Crippen molar-refractivity contribution in [3.63, 3.8) is 0 Å². The number of aromatic nitrogens is 2. The molecule has 0 spiro atoms. The van der Waals surface area contributed by atoms with Crippen molar-refractivity contribution in [1.82, 2.24) is 9.78 Å². The number of anilines is 1. The van der Waals surface area contributed by atoms with Gasteiger partial charge in [0.05, 0.1) is 18.4 Å². The van der Waals surface area contributed by atoms with Gasteiger partial charge in [-0.25, -0.2) is 8.78 Å². The maximum atomic E-state index is 13.5. The predicted octanol–water partition coefficient (Wildman–Crippen LogP) is 3.69. The number of carbonyl (C=O) groups excluding carboxylic acids is 1. The maximum Gasteiger partial charge on any atom is 0.280 e. The fraction of sp³-hybridized carbons (Fsp3) is 0.444. The van der Waals surface area contributed by atoms with Crippen LogP contribution in [0.3, 0.4) is 0 Å². The third-order valence-corrected chi connectivity index (χ3v) is 4.22. The first kappa shape index (κ1) is 17.4. The lowest BCUT2D eigenvalue weighted by Crippen LogP contribution is -2.27. The summed E-state index contributed by atoms with van der Waals surface area (Å²) >= 11 is 0. The van der Waals surface area contributed by atoms with E-state index < -0.39 is 12.3 Å². The van der Waals surface area contributed by atoms with Crippen LogP contribution in [0.2, 0.25) is 0 Å². The van der Waals surface area contributed by atoms with Crippen LogP contribution in [-0.2, 0) is 13.0 Å². The predicted molar refractivity (Wildman–Crippen MR) is 90.4 cm³/mol. The Morgan fingerprint density at radius 1 is 1.40 bits per heavy atom. The van der Waals surface area contributed by atoms with Gasteiger partial charge in [0.2, 0.25) is 0 Å². The largest absolute Gasteiger partial charge is 0.493 e. The molecule has 0 saturated carbocycles. The molecule has 0 atom stereocenters. The minimum Gasteiger partial charge on any atom is -0.493 e. The van der Waals surface area contributed by atoms with Crippen LogP contribution in [-0.4, -0.2) is 29.3 Å². The van der Waals surface area contributed by atoms with Crippen molar-refractivity contribution in [2.75, 3.05) is 18.6 Å². The van der Waals surface area contributed by atoms with E-state index >= 15 is 0 Å². The highest BCUT2D eigenvalue weighted by atomic mass is 19.3. The summed E-state index contributed by atoms with van der Waals surface area (Å²) in [4.78, 5) is 14.2. The summed E-state index contributed by atoms with van der Waals surface area (Å²) in [5, 5.41) is 4.00. The zero-order valence-corrected chi connectivity index (χ0v) is 14.5. The number of nitrogens with zero attached hydrogens (tertiary/aromatic N) is 3. The molecule has 0 saturated heterocycles. The van der Waals surface area contributed by atoms with E-state index in [0.29, 0.717) is 18.8 Å². The fourth-order valence-corrected chi connectivity index (χ4v) is 2.96. The van der Waals surface area contributed by atoms with Gasteiger partial charge in [0.1, 0.15) is 11.4 Å². The summed E-state index contributed by atoms with van der Waals surface area (Å²) in [5.41, 5.74) is 1.28. The number of alkyl halides is 2. The van der Waals surface area contributed by atoms with Crippen LogP contribution in [0.15, 0.2) is 24.4 Å². The molecule has 25 heavy (non-hydrogen) atoms. The van der Waals surface area contributed by atoms with Gasteiger partial charge in [-0.2, -0.15) is 5.10 Å². The highest BCUT2D eigenvalue weighted by Crippen LogP contribution is 2.31. The molecule has 5 nitrogen and oxygen atoms in total. The SMILES string of the molecule is CC(C)Cn1ncc(C(=O)N(C)c2ccc3c(c2)CCO3)c1C(F)F. The second kappa shape index (κ2) is 6.82. The summed E-state index contributed by atoms with van der Waals surface area (Å²) in [6, 6.07) is 5.42. The first-order valence-corrected chi connectivity index (χ1v) is 8.26. The van der Waals surface area contributed by atoms with Gasteiger partial charge in [-0.05, 0) is 29.7 Å². The van der Waals surface area contributed by atoms with Gasteiger partial charge in [-0.3, -0.25) is 9.48 Å². The van der Waals surface area contributed by atoms with E-state index in [2.05, 4.69) is 5.10 Å². The molecule has 2 aromatic rings. The van der Waals surface area contributed by atoms with Gasteiger partial charge < -0.3 is 9.64 Å². The monoisotopic (exact) mass is 349 g/mol. The molecule has 0 radical (unpaired) electrons. The zero-order valence-electron chi connectivity index (χ0n) is 14.5. The molecular formula is C18H21F2N3O2. The first-order chi connectivity index (χ1) is 11.9. The molecule has 7 heteroatoms. The van der Waals surface area contributed by atoms with Gasteiger partial charge in [-0.15, -0.1) is 0 Å². The molecule has 0 fully saturated rings. The van der Waals surface area contributed by atoms with E-state index in [0.717, 1.165) is 17.7 Å². The van der Waals surface area contributed by atoms with Crippen LogP contribution >= 0.6 is 0 Å². The topological polar surface area (TPSA) is 47.4 Å². The van der Waals surface area contributed by atoms with Crippen molar-refractivity contribution >= 4 is 11.6 Å². The number of amides is 1. The van der Waals surface area contributed by atoms with Gasteiger partial charge in [-0.1, -0.05) is 13.8 Å². The summed E-state index contributed by atoms with van der Waals surface area (Å²) in [6.45, 7) is 4.79. The van der Waals surface area contributed by atoms with Crippen LogP contribution in [0.5, 0.6) is 5.75 Å². The number of halogens is 2. The maximum absolute atomic E-state index is 13.5. The summed E-state index contributed by atoms with van der Waals surface area (Å²) < 4.78 is 33.7. The van der Waals surface area contributed by atoms with Crippen LogP contribution in [0.25, 0.3) is 0 Å². The van der Waals surface area contributed by atoms with E-state index in [1.807, 2.05) is 19.9 Å². The van der Waals surface area contributed by atoms with Crippen molar-refractivity contribution in [3.05, 3.63) is 41.2 Å². The zero-order chi connectivity index (χ0) is 18.1. The van der Waals surface area contributed by atoms with Crippen molar-refractivity contribution in [2.24, 2.45) is 5.92 Å². The number of hydrogen-bond donors (Lipinski definition) is 0. The van der Waals surface area contributed by atoms with E-state index in [4.69, 9.17) is 4.74 Å². The molecule has 134 valence electrons. The minimum absolute atomic E-state index is 0.0603. The number of fused-ring (bicyclic) bond motifs is 1. The Hall–Kier alpha value is -2.44. The number of hydrogen-bond acceptors (Lipinski definition) is 3. The Kier molecular flexibility index (Phi) is 4.74. The fourth-order valence-electron chi connectivity index (χ4n) is 2.96. The quantitative estimate of drug-likeness (QED) is 0.827. The third-order valence-electron chi connectivity index (χ3n) is 4.22.